The van der Waals surface area contributed by atoms with E-state index in [1.165, 1.54) is 12.8 Å². The number of aliphatic hydroxyl groups excluding tert-OH is 1. The molecule has 0 amide bonds. The van der Waals surface area contributed by atoms with E-state index in [0.29, 0.717) is 5.92 Å². The molecule has 1 aliphatic rings. The maximum atomic E-state index is 9.47. The average molecular weight is 258 g/mol. The van der Waals surface area contributed by atoms with Crippen molar-refractivity contribution in [1.82, 2.24) is 4.90 Å². The standard InChI is InChI=1S/C14H30N2O2/c1-11(2)8-13(15)14(9-17)16(3)6-7-18-10-12-4-5-12/h11-14,17H,4-10,15H2,1-3H3. The second-order valence-electron chi connectivity index (χ2n) is 6.04. The zero-order chi connectivity index (χ0) is 13.5. The largest absolute Gasteiger partial charge is 0.395 e. The van der Waals surface area contributed by atoms with Gasteiger partial charge in [0.1, 0.15) is 0 Å². The predicted octanol–water partition coefficient (Wildman–Crippen LogP) is 1.08. The van der Waals surface area contributed by atoms with E-state index in [1.54, 1.807) is 0 Å². The quantitative estimate of drug-likeness (QED) is 0.576. The van der Waals surface area contributed by atoms with Gasteiger partial charge in [-0.25, -0.2) is 0 Å². The molecule has 0 aliphatic heterocycles. The summed E-state index contributed by atoms with van der Waals surface area (Å²) in [7, 11) is 2.02. The van der Waals surface area contributed by atoms with E-state index < -0.39 is 0 Å². The van der Waals surface area contributed by atoms with E-state index in [1.807, 2.05) is 7.05 Å². The Morgan fingerprint density at radius 2 is 2.06 bits per heavy atom. The van der Waals surface area contributed by atoms with Crippen LogP contribution in [0.3, 0.4) is 0 Å². The Balaban J connectivity index is 2.19. The fourth-order valence-electron chi connectivity index (χ4n) is 2.21. The SMILES string of the molecule is CC(C)CC(N)C(CO)N(C)CCOCC1CC1. The molecule has 4 nitrogen and oxygen atoms in total. The molecule has 1 aliphatic carbocycles. The molecule has 18 heavy (non-hydrogen) atoms. The molecular weight excluding hydrogens is 228 g/mol. The number of hydrogen-bond donors (Lipinski definition) is 2. The van der Waals surface area contributed by atoms with Gasteiger partial charge in [0.25, 0.3) is 0 Å². The van der Waals surface area contributed by atoms with Crippen LogP contribution in [0.4, 0.5) is 0 Å². The number of likely N-dealkylation sites (N-methyl/N-ethyl adjacent to an activating group) is 1. The van der Waals surface area contributed by atoms with Gasteiger partial charge in [-0.1, -0.05) is 13.8 Å². The van der Waals surface area contributed by atoms with E-state index in [-0.39, 0.29) is 18.7 Å². The van der Waals surface area contributed by atoms with Gasteiger partial charge in [-0.3, -0.25) is 4.90 Å². The maximum Gasteiger partial charge on any atom is 0.0601 e. The maximum absolute atomic E-state index is 9.47. The normalized spacial score (nSPS) is 19.5. The third-order valence-electron chi connectivity index (χ3n) is 3.63. The Morgan fingerprint density at radius 1 is 1.39 bits per heavy atom. The van der Waals surface area contributed by atoms with Crippen LogP contribution in [0, 0.1) is 11.8 Å². The zero-order valence-corrected chi connectivity index (χ0v) is 12.1. The molecule has 1 rings (SSSR count). The molecule has 2 atom stereocenters. The average Bonchev–Trinajstić information content (AvgIpc) is 3.08. The second kappa shape index (κ2) is 8.10. The van der Waals surface area contributed by atoms with Crippen molar-refractivity contribution >= 4 is 0 Å². The lowest BCUT2D eigenvalue weighted by atomic mass is 9.98. The highest BCUT2D eigenvalue weighted by atomic mass is 16.5. The first kappa shape index (κ1) is 15.9. The third kappa shape index (κ3) is 6.14. The number of rotatable bonds is 10. The number of ether oxygens (including phenoxy) is 1. The zero-order valence-electron chi connectivity index (χ0n) is 12.1. The summed E-state index contributed by atoms with van der Waals surface area (Å²) in [5, 5.41) is 9.47. The monoisotopic (exact) mass is 258 g/mol. The summed E-state index contributed by atoms with van der Waals surface area (Å²) in [6.45, 7) is 6.91. The van der Waals surface area contributed by atoms with Crippen LogP contribution in [-0.4, -0.2) is 55.5 Å². The minimum Gasteiger partial charge on any atom is -0.395 e. The summed E-state index contributed by atoms with van der Waals surface area (Å²) in [5.74, 6) is 1.38. The lowest BCUT2D eigenvalue weighted by Crippen LogP contribution is -2.49. The van der Waals surface area contributed by atoms with Crippen LogP contribution in [0.2, 0.25) is 0 Å². The first-order chi connectivity index (χ1) is 8.54. The second-order valence-corrected chi connectivity index (χ2v) is 6.04. The van der Waals surface area contributed by atoms with Gasteiger partial charge in [-0.2, -0.15) is 0 Å². The highest BCUT2D eigenvalue weighted by Gasteiger charge is 2.23. The van der Waals surface area contributed by atoms with E-state index in [2.05, 4.69) is 18.7 Å². The fourth-order valence-corrected chi connectivity index (χ4v) is 2.21. The van der Waals surface area contributed by atoms with Crippen LogP contribution in [0.25, 0.3) is 0 Å². The van der Waals surface area contributed by atoms with Gasteiger partial charge in [-0.05, 0) is 38.1 Å². The Labute approximate surface area is 111 Å². The minimum absolute atomic E-state index is 0.0310. The van der Waals surface area contributed by atoms with Crippen molar-refractivity contribution in [2.75, 3.05) is 33.4 Å². The highest BCUT2D eigenvalue weighted by molar-refractivity contribution is 4.81. The van der Waals surface area contributed by atoms with Gasteiger partial charge in [0.2, 0.25) is 0 Å². The van der Waals surface area contributed by atoms with Gasteiger partial charge < -0.3 is 15.6 Å². The molecule has 0 radical (unpaired) electrons. The first-order valence-electron chi connectivity index (χ1n) is 7.19. The molecule has 0 spiro atoms. The molecule has 108 valence electrons. The van der Waals surface area contributed by atoms with Crippen molar-refractivity contribution in [2.45, 2.75) is 45.2 Å². The highest BCUT2D eigenvalue weighted by Crippen LogP contribution is 2.28. The van der Waals surface area contributed by atoms with Crippen LogP contribution < -0.4 is 5.73 Å². The van der Waals surface area contributed by atoms with Gasteiger partial charge in [0.15, 0.2) is 0 Å². The van der Waals surface area contributed by atoms with Gasteiger partial charge in [-0.15, -0.1) is 0 Å². The number of aliphatic hydroxyl groups is 1. The Hall–Kier alpha value is -0.160. The van der Waals surface area contributed by atoms with Gasteiger partial charge >= 0.3 is 0 Å². The molecule has 0 saturated heterocycles. The third-order valence-corrected chi connectivity index (χ3v) is 3.63. The predicted molar refractivity (Wildman–Crippen MR) is 74.5 cm³/mol. The summed E-state index contributed by atoms with van der Waals surface area (Å²) >= 11 is 0. The van der Waals surface area contributed by atoms with Crippen LogP contribution >= 0.6 is 0 Å². The van der Waals surface area contributed by atoms with Crippen molar-refractivity contribution in [3.63, 3.8) is 0 Å². The van der Waals surface area contributed by atoms with Crippen LogP contribution in [0.1, 0.15) is 33.1 Å². The molecule has 3 N–H and O–H groups in total. The molecule has 0 bridgehead atoms. The van der Waals surface area contributed by atoms with Crippen molar-refractivity contribution < 1.29 is 9.84 Å². The summed E-state index contributed by atoms with van der Waals surface area (Å²) < 4.78 is 5.62. The van der Waals surface area contributed by atoms with Crippen LogP contribution in [-0.2, 0) is 4.74 Å². The molecule has 1 saturated carbocycles. The molecular formula is C14H30N2O2. The van der Waals surface area contributed by atoms with Crippen molar-refractivity contribution in [3.8, 4) is 0 Å². The van der Waals surface area contributed by atoms with E-state index in [0.717, 1.165) is 32.1 Å². The smallest absolute Gasteiger partial charge is 0.0601 e. The molecule has 0 heterocycles. The topological polar surface area (TPSA) is 58.7 Å². The molecule has 4 heteroatoms. The van der Waals surface area contributed by atoms with Crippen molar-refractivity contribution in [2.24, 2.45) is 17.6 Å². The van der Waals surface area contributed by atoms with E-state index in [9.17, 15) is 5.11 Å². The lowest BCUT2D eigenvalue weighted by Gasteiger charge is -2.32. The van der Waals surface area contributed by atoms with Crippen molar-refractivity contribution in [3.05, 3.63) is 0 Å². The molecule has 0 aromatic carbocycles. The van der Waals surface area contributed by atoms with Crippen molar-refractivity contribution in [1.29, 1.82) is 0 Å². The number of hydrogen-bond acceptors (Lipinski definition) is 4. The summed E-state index contributed by atoms with van der Waals surface area (Å²) in [5.41, 5.74) is 6.15. The minimum atomic E-state index is 0.0310. The molecule has 0 aromatic rings. The lowest BCUT2D eigenvalue weighted by molar-refractivity contribution is 0.0662. The van der Waals surface area contributed by atoms with E-state index in [4.69, 9.17) is 10.5 Å². The molecule has 2 unspecified atom stereocenters. The molecule has 1 fully saturated rings. The fraction of sp³-hybridized carbons (Fsp3) is 1.00. The molecule has 0 aromatic heterocycles. The Morgan fingerprint density at radius 3 is 2.56 bits per heavy atom. The van der Waals surface area contributed by atoms with Crippen LogP contribution in [0.15, 0.2) is 0 Å². The summed E-state index contributed by atoms with van der Waals surface area (Å²) in [4.78, 5) is 2.12. The Kier molecular flexibility index (Phi) is 7.15. The van der Waals surface area contributed by atoms with Crippen LogP contribution in [0.5, 0.6) is 0 Å². The van der Waals surface area contributed by atoms with Gasteiger partial charge in [0.05, 0.1) is 13.2 Å². The summed E-state index contributed by atoms with van der Waals surface area (Å²) in [6.07, 6.45) is 3.60. The van der Waals surface area contributed by atoms with Gasteiger partial charge in [0, 0.05) is 25.2 Å². The first-order valence-corrected chi connectivity index (χ1v) is 7.19. The number of nitrogens with two attached hydrogens (primary N) is 1. The summed E-state index contributed by atoms with van der Waals surface area (Å²) in [6, 6.07) is 0.0698. The Bertz CT molecular complexity index is 220. The van der Waals surface area contributed by atoms with E-state index >= 15 is 0 Å². The number of nitrogens with zero attached hydrogens (tertiary/aromatic N) is 1.